The highest BCUT2D eigenvalue weighted by atomic mass is 16.1. The summed E-state index contributed by atoms with van der Waals surface area (Å²) in [5.74, 6) is 7.01. The normalized spacial score (nSPS) is 34.9. The molecule has 3 saturated carbocycles. The molecule has 0 N–H and O–H groups in total. The van der Waals surface area contributed by atoms with E-state index in [9.17, 15) is 4.79 Å². The third-order valence-corrected chi connectivity index (χ3v) is 9.47. The summed E-state index contributed by atoms with van der Waals surface area (Å²) >= 11 is 0. The maximum absolute atomic E-state index is 11.8. The van der Waals surface area contributed by atoms with E-state index in [1.54, 1.807) is 0 Å². The Morgan fingerprint density at radius 1 is 0.806 bits per heavy atom. The van der Waals surface area contributed by atoms with E-state index in [0.717, 1.165) is 23.3 Å². The molecule has 0 bridgehead atoms. The van der Waals surface area contributed by atoms with Crippen LogP contribution in [0.3, 0.4) is 0 Å². The van der Waals surface area contributed by atoms with Gasteiger partial charge in [0.2, 0.25) is 0 Å². The molecule has 1 atom stereocenters. The van der Waals surface area contributed by atoms with Crippen LogP contribution in [0.15, 0.2) is 29.4 Å². The van der Waals surface area contributed by atoms with Crippen LogP contribution in [0.1, 0.15) is 116 Å². The van der Waals surface area contributed by atoms with E-state index in [1.165, 1.54) is 115 Å². The first-order valence-electron chi connectivity index (χ1n) is 13.9. The SMILES string of the molecule is CCCCCC1CCC(C2CCC(C3C=CC(C4CCCCC4)=CC3=C=O)CC2)CC1. The Bertz CT molecular complexity index is 657. The average Bonchev–Trinajstić information content (AvgIpc) is 2.85. The Balaban J connectivity index is 1.24. The van der Waals surface area contributed by atoms with Gasteiger partial charge in [0.05, 0.1) is 0 Å². The van der Waals surface area contributed by atoms with E-state index in [0.29, 0.717) is 17.8 Å². The van der Waals surface area contributed by atoms with Gasteiger partial charge in [-0.15, -0.1) is 0 Å². The maximum atomic E-state index is 11.8. The molecule has 0 amide bonds. The Morgan fingerprint density at radius 3 is 2.10 bits per heavy atom. The highest BCUT2D eigenvalue weighted by molar-refractivity contribution is 5.62. The zero-order valence-corrected chi connectivity index (χ0v) is 20.1. The Labute approximate surface area is 191 Å². The summed E-state index contributed by atoms with van der Waals surface area (Å²) < 4.78 is 0. The molecule has 0 aromatic heterocycles. The molecule has 0 heterocycles. The fourth-order valence-corrected chi connectivity index (χ4v) is 7.45. The van der Waals surface area contributed by atoms with Gasteiger partial charge in [-0.1, -0.05) is 76.9 Å². The Kier molecular flexibility index (Phi) is 8.71. The number of carbonyl (C=O) groups excluding carboxylic acids is 1. The second-order valence-electron chi connectivity index (χ2n) is 11.4. The molecule has 172 valence electrons. The number of rotatable bonds is 7. The lowest BCUT2D eigenvalue weighted by atomic mass is 9.65. The third kappa shape index (κ3) is 6.04. The molecular formula is C30H46O. The van der Waals surface area contributed by atoms with E-state index < -0.39 is 0 Å². The zero-order chi connectivity index (χ0) is 21.5. The summed E-state index contributed by atoms with van der Waals surface area (Å²) in [4.78, 5) is 11.8. The summed E-state index contributed by atoms with van der Waals surface area (Å²) in [6.45, 7) is 2.32. The van der Waals surface area contributed by atoms with Gasteiger partial charge in [0.15, 0.2) is 0 Å². The Hall–Kier alpha value is -1.07. The van der Waals surface area contributed by atoms with Crippen molar-refractivity contribution in [1.29, 1.82) is 0 Å². The van der Waals surface area contributed by atoms with E-state index in [-0.39, 0.29) is 0 Å². The van der Waals surface area contributed by atoms with Crippen LogP contribution in [0.25, 0.3) is 0 Å². The first-order chi connectivity index (χ1) is 15.3. The molecule has 0 aromatic rings. The van der Waals surface area contributed by atoms with Crippen molar-refractivity contribution in [2.24, 2.45) is 35.5 Å². The van der Waals surface area contributed by atoms with Gasteiger partial charge in [-0.25, -0.2) is 4.79 Å². The molecule has 1 heteroatoms. The molecule has 0 saturated heterocycles. The van der Waals surface area contributed by atoms with Gasteiger partial charge >= 0.3 is 0 Å². The van der Waals surface area contributed by atoms with Crippen molar-refractivity contribution in [2.75, 3.05) is 0 Å². The molecule has 31 heavy (non-hydrogen) atoms. The number of hydrogen-bond donors (Lipinski definition) is 0. The predicted molar refractivity (Wildman–Crippen MR) is 132 cm³/mol. The van der Waals surface area contributed by atoms with E-state index in [1.807, 2.05) is 0 Å². The second kappa shape index (κ2) is 11.7. The van der Waals surface area contributed by atoms with Crippen molar-refractivity contribution in [3.63, 3.8) is 0 Å². The first-order valence-corrected chi connectivity index (χ1v) is 13.9. The monoisotopic (exact) mass is 422 g/mol. The summed E-state index contributed by atoms with van der Waals surface area (Å²) in [5, 5.41) is 0. The van der Waals surface area contributed by atoms with Gasteiger partial charge in [-0.05, 0) is 92.6 Å². The summed E-state index contributed by atoms with van der Waals surface area (Å²) in [6.07, 6.45) is 30.8. The van der Waals surface area contributed by atoms with Crippen molar-refractivity contribution in [3.05, 3.63) is 29.4 Å². The molecule has 4 aliphatic carbocycles. The second-order valence-corrected chi connectivity index (χ2v) is 11.4. The van der Waals surface area contributed by atoms with Gasteiger partial charge in [-0.2, -0.15) is 0 Å². The molecule has 0 radical (unpaired) electrons. The summed E-state index contributed by atoms with van der Waals surface area (Å²) in [7, 11) is 0. The van der Waals surface area contributed by atoms with Gasteiger partial charge < -0.3 is 0 Å². The van der Waals surface area contributed by atoms with Crippen molar-refractivity contribution in [1.82, 2.24) is 0 Å². The molecule has 0 aromatic carbocycles. The predicted octanol–water partition coefficient (Wildman–Crippen LogP) is 8.63. The smallest absolute Gasteiger partial charge is 0.128 e. The largest absolute Gasteiger partial charge is 0.233 e. The molecule has 0 spiro atoms. The van der Waals surface area contributed by atoms with E-state index in [2.05, 4.69) is 31.1 Å². The minimum Gasteiger partial charge on any atom is -0.233 e. The zero-order valence-electron chi connectivity index (χ0n) is 20.1. The van der Waals surface area contributed by atoms with Crippen molar-refractivity contribution < 1.29 is 4.79 Å². The van der Waals surface area contributed by atoms with Crippen molar-refractivity contribution in [3.8, 4) is 0 Å². The molecule has 4 aliphatic rings. The van der Waals surface area contributed by atoms with E-state index in [4.69, 9.17) is 0 Å². The topological polar surface area (TPSA) is 17.1 Å². The van der Waals surface area contributed by atoms with Crippen molar-refractivity contribution in [2.45, 2.75) is 116 Å². The lowest BCUT2D eigenvalue weighted by Gasteiger charge is -2.40. The van der Waals surface area contributed by atoms with Crippen LogP contribution >= 0.6 is 0 Å². The van der Waals surface area contributed by atoms with Gasteiger partial charge in [0.1, 0.15) is 5.94 Å². The van der Waals surface area contributed by atoms with Crippen LogP contribution < -0.4 is 0 Å². The quantitative estimate of drug-likeness (QED) is 0.296. The van der Waals surface area contributed by atoms with Gasteiger partial charge in [0.25, 0.3) is 0 Å². The molecule has 4 rings (SSSR count). The lowest BCUT2D eigenvalue weighted by molar-refractivity contribution is 0.135. The minimum atomic E-state index is 0.333. The fraction of sp³-hybridized carbons (Fsp3) is 0.800. The van der Waals surface area contributed by atoms with Crippen LogP contribution in [-0.4, -0.2) is 5.94 Å². The van der Waals surface area contributed by atoms with Gasteiger partial charge in [-0.3, -0.25) is 0 Å². The standard InChI is InChI=1S/C30H46O/c1-2-3-5-8-23-11-13-25(14-12-23)26-15-17-27(18-16-26)30-20-19-28(21-29(30)22-31)24-9-6-4-7-10-24/h19-21,23-27,30H,2-18H2,1H3. The van der Waals surface area contributed by atoms with Crippen LogP contribution in [-0.2, 0) is 4.79 Å². The number of unbranched alkanes of at least 4 members (excludes halogenated alkanes) is 2. The maximum Gasteiger partial charge on any atom is 0.128 e. The number of hydrogen-bond acceptors (Lipinski definition) is 1. The minimum absolute atomic E-state index is 0.333. The molecule has 1 nitrogen and oxygen atoms in total. The Morgan fingerprint density at radius 2 is 1.45 bits per heavy atom. The highest BCUT2D eigenvalue weighted by Gasteiger charge is 2.34. The van der Waals surface area contributed by atoms with Crippen molar-refractivity contribution >= 4 is 5.94 Å². The summed E-state index contributed by atoms with van der Waals surface area (Å²) in [5.41, 5.74) is 2.37. The van der Waals surface area contributed by atoms with Crippen LogP contribution in [0.4, 0.5) is 0 Å². The highest BCUT2D eigenvalue weighted by Crippen LogP contribution is 2.46. The molecular weight excluding hydrogens is 376 g/mol. The van der Waals surface area contributed by atoms with E-state index >= 15 is 0 Å². The molecule has 3 fully saturated rings. The molecule has 1 unspecified atom stereocenters. The average molecular weight is 423 g/mol. The fourth-order valence-electron chi connectivity index (χ4n) is 7.45. The molecule has 0 aliphatic heterocycles. The first kappa shape index (κ1) is 23.1. The van der Waals surface area contributed by atoms with Crippen LogP contribution in [0.5, 0.6) is 0 Å². The van der Waals surface area contributed by atoms with Gasteiger partial charge in [0, 0.05) is 11.5 Å². The van der Waals surface area contributed by atoms with Crippen LogP contribution in [0, 0.1) is 35.5 Å². The third-order valence-electron chi connectivity index (χ3n) is 9.47. The summed E-state index contributed by atoms with van der Waals surface area (Å²) in [6, 6.07) is 0. The van der Waals surface area contributed by atoms with Crippen LogP contribution in [0.2, 0.25) is 0 Å². The lowest BCUT2D eigenvalue weighted by Crippen LogP contribution is -2.29. The number of allylic oxidation sites excluding steroid dienone is 5.